The van der Waals surface area contributed by atoms with Crippen LogP contribution in [-0.2, 0) is 22.4 Å². The fourth-order valence-corrected chi connectivity index (χ4v) is 3.27. The van der Waals surface area contributed by atoms with Gasteiger partial charge in [0.05, 0.1) is 6.42 Å². The highest BCUT2D eigenvalue weighted by Crippen LogP contribution is 2.13. The Labute approximate surface area is 166 Å². The van der Waals surface area contributed by atoms with E-state index in [2.05, 4.69) is 5.32 Å². The zero-order chi connectivity index (χ0) is 18.4. The number of nitrogen functional groups attached to an aromatic ring is 1. The second-order valence-electron chi connectivity index (χ2n) is 6.76. The van der Waals surface area contributed by atoms with Crippen molar-refractivity contribution in [1.82, 2.24) is 10.2 Å². The lowest BCUT2D eigenvalue weighted by Gasteiger charge is -2.24. The standard InChI is InChI=1S/C21H25N3O2.ClH/c22-18-10-8-17(9-11-18)15-20(25)23-19(14-16-6-2-1-3-7-16)21(26)24-12-4-5-13-24;/h1-3,6-11,19H,4-5,12-15,22H2,(H,23,25);1H. The van der Waals surface area contributed by atoms with Crippen molar-refractivity contribution in [3.8, 4) is 0 Å². The van der Waals surface area contributed by atoms with Crippen LogP contribution in [0.15, 0.2) is 54.6 Å². The minimum Gasteiger partial charge on any atom is -0.399 e. The molecular formula is C21H26ClN3O2. The van der Waals surface area contributed by atoms with Crippen molar-refractivity contribution in [1.29, 1.82) is 0 Å². The number of hydrogen-bond donors (Lipinski definition) is 2. The molecule has 0 bridgehead atoms. The van der Waals surface area contributed by atoms with Gasteiger partial charge in [0.25, 0.3) is 0 Å². The molecule has 1 unspecified atom stereocenters. The molecule has 3 N–H and O–H groups in total. The van der Waals surface area contributed by atoms with Crippen molar-refractivity contribution >= 4 is 29.9 Å². The van der Waals surface area contributed by atoms with E-state index in [-0.39, 0.29) is 30.6 Å². The molecule has 1 heterocycles. The summed E-state index contributed by atoms with van der Waals surface area (Å²) in [5.74, 6) is -0.139. The van der Waals surface area contributed by atoms with Crippen molar-refractivity contribution in [3.63, 3.8) is 0 Å². The Kier molecular flexibility index (Phi) is 7.67. The molecule has 3 rings (SSSR count). The summed E-state index contributed by atoms with van der Waals surface area (Å²) in [6, 6.07) is 16.5. The molecule has 1 saturated heterocycles. The molecule has 144 valence electrons. The second kappa shape index (κ2) is 9.97. The molecule has 2 aromatic rings. The Morgan fingerprint density at radius 3 is 2.22 bits per heavy atom. The van der Waals surface area contributed by atoms with Gasteiger partial charge < -0.3 is 16.0 Å². The minimum absolute atomic E-state index is 0. The van der Waals surface area contributed by atoms with Gasteiger partial charge in [-0.1, -0.05) is 42.5 Å². The number of nitrogens with zero attached hydrogens (tertiary/aromatic N) is 1. The molecule has 27 heavy (non-hydrogen) atoms. The first-order chi connectivity index (χ1) is 12.6. The first kappa shape index (κ1) is 20.8. The van der Waals surface area contributed by atoms with Crippen LogP contribution in [0.25, 0.3) is 0 Å². The van der Waals surface area contributed by atoms with Gasteiger partial charge in [-0.3, -0.25) is 9.59 Å². The highest BCUT2D eigenvalue weighted by atomic mass is 35.5. The number of nitrogens with two attached hydrogens (primary N) is 1. The first-order valence-corrected chi connectivity index (χ1v) is 9.08. The summed E-state index contributed by atoms with van der Waals surface area (Å²) in [6.45, 7) is 1.55. The molecule has 2 amide bonds. The zero-order valence-corrected chi connectivity index (χ0v) is 16.1. The third-order valence-corrected chi connectivity index (χ3v) is 4.68. The number of benzene rings is 2. The topological polar surface area (TPSA) is 75.4 Å². The van der Waals surface area contributed by atoms with E-state index in [1.165, 1.54) is 0 Å². The molecule has 0 aliphatic carbocycles. The van der Waals surface area contributed by atoms with Crippen molar-refractivity contribution < 1.29 is 9.59 Å². The van der Waals surface area contributed by atoms with Gasteiger partial charge in [0.15, 0.2) is 0 Å². The van der Waals surface area contributed by atoms with Crippen LogP contribution in [0.2, 0.25) is 0 Å². The van der Waals surface area contributed by atoms with E-state index in [1.54, 1.807) is 12.1 Å². The Bertz CT molecular complexity index is 744. The summed E-state index contributed by atoms with van der Waals surface area (Å²) < 4.78 is 0. The third kappa shape index (κ3) is 6.00. The van der Waals surface area contributed by atoms with Gasteiger partial charge in [0.2, 0.25) is 11.8 Å². The van der Waals surface area contributed by atoms with E-state index in [4.69, 9.17) is 5.73 Å². The predicted octanol–water partition coefficient (Wildman–Crippen LogP) is 2.58. The smallest absolute Gasteiger partial charge is 0.245 e. The summed E-state index contributed by atoms with van der Waals surface area (Å²) in [5.41, 5.74) is 8.27. The van der Waals surface area contributed by atoms with E-state index in [0.717, 1.165) is 37.1 Å². The predicted molar refractivity (Wildman–Crippen MR) is 110 cm³/mol. The lowest BCUT2D eigenvalue weighted by atomic mass is 10.0. The van der Waals surface area contributed by atoms with Crippen LogP contribution in [0.4, 0.5) is 5.69 Å². The van der Waals surface area contributed by atoms with Gasteiger partial charge in [0, 0.05) is 25.2 Å². The molecule has 1 fully saturated rings. The molecule has 1 atom stereocenters. The van der Waals surface area contributed by atoms with E-state index in [1.807, 2.05) is 47.4 Å². The molecule has 0 radical (unpaired) electrons. The summed E-state index contributed by atoms with van der Waals surface area (Å²) in [6.07, 6.45) is 2.80. The maximum Gasteiger partial charge on any atom is 0.245 e. The van der Waals surface area contributed by atoms with Crippen LogP contribution in [0, 0.1) is 0 Å². The highest BCUT2D eigenvalue weighted by molar-refractivity contribution is 5.88. The molecule has 2 aromatic carbocycles. The van der Waals surface area contributed by atoms with Crippen LogP contribution < -0.4 is 11.1 Å². The van der Waals surface area contributed by atoms with Gasteiger partial charge in [-0.2, -0.15) is 0 Å². The average molecular weight is 388 g/mol. The minimum atomic E-state index is -0.531. The number of carbonyl (C=O) groups is 2. The third-order valence-electron chi connectivity index (χ3n) is 4.68. The van der Waals surface area contributed by atoms with Gasteiger partial charge in [-0.05, 0) is 36.1 Å². The molecule has 0 aromatic heterocycles. The number of hydrogen-bond acceptors (Lipinski definition) is 3. The molecule has 6 heteroatoms. The largest absolute Gasteiger partial charge is 0.399 e. The zero-order valence-electron chi connectivity index (χ0n) is 15.3. The van der Waals surface area contributed by atoms with Crippen LogP contribution >= 0.6 is 12.4 Å². The number of carbonyl (C=O) groups excluding carboxylic acids is 2. The van der Waals surface area contributed by atoms with E-state index in [9.17, 15) is 9.59 Å². The fourth-order valence-electron chi connectivity index (χ4n) is 3.27. The SMILES string of the molecule is Cl.Nc1ccc(CC(=O)NC(Cc2ccccc2)C(=O)N2CCCC2)cc1. The van der Waals surface area contributed by atoms with E-state index < -0.39 is 6.04 Å². The summed E-state index contributed by atoms with van der Waals surface area (Å²) in [7, 11) is 0. The molecule has 0 saturated carbocycles. The number of rotatable bonds is 6. The lowest BCUT2D eigenvalue weighted by Crippen LogP contribution is -2.49. The van der Waals surface area contributed by atoms with E-state index >= 15 is 0 Å². The number of halogens is 1. The van der Waals surface area contributed by atoms with Crippen LogP contribution in [-0.4, -0.2) is 35.8 Å². The molecule has 1 aliphatic rings. The lowest BCUT2D eigenvalue weighted by molar-refractivity contribution is -0.135. The van der Waals surface area contributed by atoms with Gasteiger partial charge in [0.1, 0.15) is 6.04 Å². The molecular weight excluding hydrogens is 362 g/mol. The number of nitrogens with one attached hydrogen (secondary N) is 1. The molecule has 5 nitrogen and oxygen atoms in total. The maximum atomic E-state index is 12.9. The van der Waals surface area contributed by atoms with Crippen molar-refractivity contribution in [2.45, 2.75) is 31.7 Å². The summed E-state index contributed by atoms with van der Waals surface area (Å²) >= 11 is 0. The van der Waals surface area contributed by atoms with Gasteiger partial charge in [-0.15, -0.1) is 12.4 Å². The fraction of sp³-hybridized carbons (Fsp3) is 0.333. The number of anilines is 1. The maximum absolute atomic E-state index is 12.9. The first-order valence-electron chi connectivity index (χ1n) is 9.08. The Balaban J connectivity index is 0.00000261. The Hall–Kier alpha value is -2.53. The second-order valence-corrected chi connectivity index (χ2v) is 6.76. The normalized spacial score (nSPS) is 14.3. The molecule has 0 spiro atoms. The summed E-state index contributed by atoms with van der Waals surface area (Å²) in [5, 5.41) is 2.94. The average Bonchev–Trinajstić information content (AvgIpc) is 3.18. The quantitative estimate of drug-likeness (QED) is 0.748. The van der Waals surface area contributed by atoms with Gasteiger partial charge in [-0.25, -0.2) is 0 Å². The van der Waals surface area contributed by atoms with Crippen molar-refractivity contribution in [2.24, 2.45) is 0 Å². The Morgan fingerprint density at radius 2 is 1.59 bits per heavy atom. The summed E-state index contributed by atoms with van der Waals surface area (Å²) in [4.78, 5) is 27.2. The van der Waals surface area contributed by atoms with Crippen molar-refractivity contribution in [2.75, 3.05) is 18.8 Å². The molecule has 1 aliphatic heterocycles. The number of likely N-dealkylation sites (tertiary alicyclic amines) is 1. The van der Waals surface area contributed by atoms with Crippen molar-refractivity contribution in [3.05, 3.63) is 65.7 Å². The Morgan fingerprint density at radius 1 is 0.963 bits per heavy atom. The van der Waals surface area contributed by atoms with Crippen LogP contribution in [0.5, 0.6) is 0 Å². The number of amides is 2. The van der Waals surface area contributed by atoms with Gasteiger partial charge >= 0.3 is 0 Å². The highest BCUT2D eigenvalue weighted by Gasteiger charge is 2.27. The van der Waals surface area contributed by atoms with E-state index in [0.29, 0.717) is 12.1 Å². The monoisotopic (exact) mass is 387 g/mol. The van der Waals surface area contributed by atoms with Crippen LogP contribution in [0.1, 0.15) is 24.0 Å². The van der Waals surface area contributed by atoms with Crippen LogP contribution in [0.3, 0.4) is 0 Å².